The van der Waals surface area contributed by atoms with Crippen molar-refractivity contribution >= 4 is 28.3 Å². The number of carbonyl (C=O) groups is 1. The number of carbonyl (C=O) groups excluding carboxylic acids is 1. The number of nitrogens with zero attached hydrogens (tertiary/aromatic N) is 1. The lowest BCUT2D eigenvalue weighted by Crippen LogP contribution is -2.40. The van der Waals surface area contributed by atoms with Crippen LogP contribution in [0.3, 0.4) is 0 Å². The van der Waals surface area contributed by atoms with Crippen LogP contribution in [0.4, 0.5) is 0 Å². The molecule has 0 aliphatic heterocycles. The molecule has 1 aromatic carbocycles. The summed E-state index contributed by atoms with van der Waals surface area (Å²) < 4.78 is 25.3. The standard InChI is InChI=1S/C12H19N3O3S.ClH/c1-13-8-9-14-12(16)10-15(2)19(17,18)11-6-4-3-5-7-11;/h3-7,13H,8-10H2,1-2H3,(H,14,16);1H. The third-order valence-electron chi connectivity index (χ3n) is 2.51. The van der Waals surface area contributed by atoms with Gasteiger partial charge in [-0.3, -0.25) is 4.79 Å². The SMILES string of the molecule is CNCCNC(=O)CN(C)S(=O)(=O)c1ccccc1.Cl. The van der Waals surface area contributed by atoms with Gasteiger partial charge in [0.15, 0.2) is 0 Å². The molecule has 0 saturated heterocycles. The van der Waals surface area contributed by atoms with E-state index in [1.807, 2.05) is 0 Å². The van der Waals surface area contributed by atoms with Gasteiger partial charge in [-0.15, -0.1) is 12.4 Å². The molecule has 0 atom stereocenters. The van der Waals surface area contributed by atoms with Crippen LogP contribution >= 0.6 is 12.4 Å². The minimum absolute atomic E-state index is 0. The minimum atomic E-state index is -3.61. The van der Waals surface area contributed by atoms with E-state index in [-0.39, 0.29) is 29.8 Å². The fourth-order valence-corrected chi connectivity index (χ4v) is 2.59. The van der Waals surface area contributed by atoms with Crippen molar-refractivity contribution in [3.63, 3.8) is 0 Å². The van der Waals surface area contributed by atoms with Crippen LogP contribution in [0, 0.1) is 0 Å². The molecular weight excluding hydrogens is 302 g/mol. The Morgan fingerprint density at radius 1 is 1.20 bits per heavy atom. The third kappa shape index (κ3) is 5.46. The molecule has 114 valence electrons. The van der Waals surface area contributed by atoms with Crippen LogP contribution in [-0.4, -0.2) is 52.4 Å². The number of rotatable bonds is 7. The molecule has 0 saturated carbocycles. The second-order valence-corrected chi connectivity index (χ2v) is 6.07. The summed E-state index contributed by atoms with van der Waals surface area (Å²) in [6.45, 7) is 0.913. The number of benzene rings is 1. The topological polar surface area (TPSA) is 78.5 Å². The van der Waals surface area contributed by atoms with Crippen LogP contribution in [0.1, 0.15) is 0 Å². The van der Waals surface area contributed by atoms with Gasteiger partial charge in [-0.25, -0.2) is 8.42 Å². The van der Waals surface area contributed by atoms with Gasteiger partial charge < -0.3 is 10.6 Å². The first-order valence-electron chi connectivity index (χ1n) is 5.91. The van der Waals surface area contributed by atoms with Crippen molar-refractivity contribution in [2.75, 3.05) is 33.7 Å². The van der Waals surface area contributed by atoms with Gasteiger partial charge >= 0.3 is 0 Å². The molecule has 2 N–H and O–H groups in total. The first kappa shape index (κ1) is 18.9. The van der Waals surface area contributed by atoms with E-state index in [9.17, 15) is 13.2 Å². The number of likely N-dealkylation sites (N-methyl/N-ethyl adjacent to an activating group) is 2. The molecule has 0 aromatic heterocycles. The Kier molecular flexibility index (Phi) is 8.40. The Bertz CT molecular complexity index is 508. The summed E-state index contributed by atoms with van der Waals surface area (Å²) in [5, 5.41) is 5.52. The average Bonchev–Trinajstić information content (AvgIpc) is 2.40. The highest BCUT2D eigenvalue weighted by atomic mass is 35.5. The Morgan fingerprint density at radius 2 is 1.80 bits per heavy atom. The van der Waals surface area contributed by atoms with E-state index < -0.39 is 10.0 Å². The quantitative estimate of drug-likeness (QED) is 0.696. The molecule has 0 unspecified atom stereocenters. The number of nitrogens with one attached hydrogen (secondary N) is 2. The van der Waals surface area contributed by atoms with Gasteiger partial charge in [0.2, 0.25) is 15.9 Å². The van der Waals surface area contributed by atoms with Crippen molar-refractivity contribution in [3.05, 3.63) is 30.3 Å². The molecule has 8 heteroatoms. The summed E-state index contributed by atoms with van der Waals surface area (Å²) in [5.74, 6) is -0.322. The lowest BCUT2D eigenvalue weighted by Gasteiger charge is -2.16. The van der Waals surface area contributed by atoms with Crippen LogP contribution in [0.5, 0.6) is 0 Å². The van der Waals surface area contributed by atoms with Gasteiger partial charge in [-0.05, 0) is 19.2 Å². The van der Waals surface area contributed by atoms with E-state index >= 15 is 0 Å². The van der Waals surface area contributed by atoms with Gasteiger partial charge in [-0.2, -0.15) is 4.31 Å². The Labute approximate surface area is 126 Å². The van der Waals surface area contributed by atoms with E-state index in [2.05, 4.69) is 10.6 Å². The van der Waals surface area contributed by atoms with Gasteiger partial charge in [0.05, 0.1) is 11.4 Å². The highest BCUT2D eigenvalue weighted by Crippen LogP contribution is 2.12. The zero-order valence-electron chi connectivity index (χ0n) is 11.5. The summed E-state index contributed by atoms with van der Waals surface area (Å²) >= 11 is 0. The summed E-state index contributed by atoms with van der Waals surface area (Å²) in [7, 11) is -0.443. The number of sulfonamides is 1. The largest absolute Gasteiger partial charge is 0.354 e. The smallest absolute Gasteiger partial charge is 0.243 e. The predicted molar refractivity (Wildman–Crippen MR) is 80.4 cm³/mol. The summed E-state index contributed by atoms with van der Waals surface area (Å²) in [5.41, 5.74) is 0. The highest BCUT2D eigenvalue weighted by molar-refractivity contribution is 7.89. The van der Waals surface area contributed by atoms with Crippen molar-refractivity contribution in [2.24, 2.45) is 0 Å². The average molecular weight is 322 g/mol. The lowest BCUT2D eigenvalue weighted by molar-refractivity contribution is -0.121. The molecular formula is C12H20ClN3O3S. The maximum atomic E-state index is 12.1. The lowest BCUT2D eigenvalue weighted by atomic mass is 10.4. The molecule has 1 aromatic rings. The summed E-state index contributed by atoms with van der Waals surface area (Å²) in [6, 6.07) is 8.04. The third-order valence-corrected chi connectivity index (χ3v) is 4.33. The van der Waals surface area contributed by atoms with Gasteiger partial charge in [0.1, 0.15) is 0 Å². The maximum Gasteiger partial charge on any atom is 0.243 e. The Hall–Kier alpha value is -1.15. The summed E-state index contributed by atoms with van der Waals surface area (Å²) in [6.07, 6.45) is 0. The molecule has 0 bridgehead atoms. The maximum absolute atomic E-state index is 12.1. The first-order valence-corrected chi connectivity index (χ1v) is 7.35. The number of hydrogen-bond donors (Lipinski definition) is 2. The molecule has 0 aliphatic rings. The molecule has 0 fully saturated rings. The molecule has 1 amide bonds. The van der Waals surface area contributed by atoms with E-state index in [4.69, 9.17) is 0 Å². The van der Waals surface area contributed by atoms with Crippen molar-refractivity contribution in [3.8, 4) is 0 Å². The highest BCUT2D eigenvalue weighted by Gasteiger charge is 2.22. The fraction of sp³-hybridized carbons (Fsp3) is 0.417. The predicted octanol–water partition coefficient (Wildman–Crippen LogP) is 0.0645. The van der Waals surface area contributed by atoms with Gasteiger partial charge in [0, 0.05) is 20.1 Å². The minimum Gasteiger partial charge on any atom is -0.354 e. The van der Waals surface area contributed by atoms with E-state index in [0.29, 0.717) is 13.1 Å². The van der Waals surface area contributed by atoms with Crippen LogP contribution in [-0.2, 0) is 14.8 Å². The first-order chi connectivity index (χ1) is 8.98. The fourth-order valence-electron chi connectivity index (χ4n) is 1.44. The molecule has 0 aliphatic carbocycles. The monoisotopic (exact) mass is 321 g/mol. The van der Waals surface area contributed by atoms with Crippen LogP contribution in [0.15, 0.2) is 35.2 Å². The number of halogens is 1. The van der Waals surface area contributed by atoms with Crippen LogP contribution in [0.2, 0.25) is 0 Å². The molecule has 1 rings (SSSR count). The number of amides is 1. The van der Waals surface area contributed by atoms with Crippen LogP contribution in [0.25, 0.3) is 0 Å². The Balaban J connectivity index is 0.00000361. The van der Waals surface area contributed by atoms with Gasteiger partial charge in [-0.1, -0.05) is 18.2 Å². The van der Waals surface area contributed by atoms with Crippen molar-refractivity contribution in [1.82, 2.24) is 14.9 Å². The molecule has 0 heterocycles. The zero-order chi connectivity index (χ0) is 14.3. The van der Waals surface area contributed by atoms with Gasteiger partial charge in [0.25, 0.3) is 0 Å². The summed E-state index contributed by atoms with van der Waals surface area (Å²) in [4.78, 5) is 11.7. The molecule has 6 nitrogen and oxygen atoms in total. The Morgan fingerprint density at radius 3 is 2.35 bits per heavy atom. The molecule has 0 spiro atoms. The van der Waals surface area contributed by atoms with Crippen molar-refractivity contribution < 1.29 is 13.2 Å². The molecule has 0 radical (unpaired) electrons. The van der Waals surface area contributed by atoms with E-state index in [1.54, 1.807) is 25.2 Å². The van der Waals surface area contributed by atoms with Crippen molar-refractivity contribution in [1.29, 1.82) is 0 Å². The van der Waals surface area contributed by atoms with Crippen LogP contribution < -0.4 is 10.6 Å². The zero-order valence-corrected chi connectivity index (χ0v) is 13.1. The van der Waals surface area contributed by atoms with E-state index in [1.165, 1.54) is 19.2 Å². The van der Waals surface area contributed by atoms with E-state index in [0.717, 1.165) is 4.31 Å². The second kappa shape index (κ2) is 8.91. The molecule has 20 heavy (non-hydrogen) atoms. The van der Waals surface area contributed by atoms with Crippen molar-refractivity contribution in [2.45, 2.75) is 4.90 Å². The number of hydrogen-bond acceptors (Lipinski definition) is 4. The second-order valence-electron chi connectivity index (χ2n) is 4.03. The normalized spacial score (nSPS) is 10.9.